The number of hydrogen-bond donors (Lipinski definition) is 2. The van der Waals surface area contributed by atoms with Crippen LogP contribution in [0.5, 0.6) is 0 Å². The zero-order valence-corrected chi connectivity index (χ0v) is 24.4. The molecule has 0 radical (unpaired) electrons. The van der Waals surface area contributed by atoms with Crippen molar-refractivity contribution in [3.63, 3.8) is 0 Å². The van der Waals surface area contributed by atoms with Crippen LogP contribution in [0.4, 0.5) is 5.82 Å². The van der Waals surface area contributed by atoms with Crippen molar-refractivity contribution >= 4 is 44.6 Å². The lowest BCUT2D eigenvalue weighted by atomic mass is 10.0. The van der Waals surface area contributed by atoms with Gasteiger partial charge in [0.1, 0.15) is 17.2 Å². The Bertz CT molecular complexity index is 1710. The molecule has 13 heteroatoms. The molecular weight excluding hydrogens is 592 g/mol. The van der Waals surface area contributed by atoms with Gasteiger partial charge in [-0.3, -0.25) is 9.69 Å². The van der Waals surface area contributed by atoms with Crippen LogP contribution in [0.3, 0.4) is 0 Å². The Morgan fingerprint density at radius 3 is 2.66 bits per heavy atom. The van der Waals surface area contributed by atoms with E-state index in [1.54, 1.807) is 7.05 Å². The molecule has 41 heavy (non-hydrogen) atoms. The standard InChI is InChI=1S/C28H29BrN8O4/c1-4-5-10-21-31-27(36(2)22(38)14-30)24(28(39)40-3)37(21)15-16-11-12-20-19(13-16)23(29)25(41-20)17-8-6-7-9-18(17)26-32-34-35-33-26/h6-9,11-13H,4-5,10,14-15,30H2,1-3H3,(H,32,33,34,35). The molecule has 0 bridgehead atoms. The largest absolute Gasteiger partial charge is 0.464 e. The number of amides is 1. The first kappa shape index (κ1) is 28.2. The van der Waals surface area contributed by atoms with Crippen LogP contribution in [0.15, 0.2) is 51.4 Å². The number of nitrogens with two attached hydrogens (primary N) is 1. The maximum Gasteiger partial charge on any atom is 0.358 e. The number of fused-ring (bicyclic) bond motifs is 1. The van der Waals surface area contributed by atoms with Crippen molar-refractivity contribution in [1.82, 2.24) is 30.2 Å². The fraction of sp³-hybridized carbons (Fsp3) is 0.286. The van der Waals surface area contributed by atoms with E-state index < -0.39 is 5.97 Å². The lowest BCUT2D eigenvalue weighted by Crippen LogP contribution is -2.34. The van der Waals surface area contributed by atoms with Gasteiger partial charge in [-0.25, -0.2) is 9.78 Å². The van der Waals surface area contributed by atoms with Gasteiger partial charge < -0.3 is 19.5 Å². The Balaban J connectivity index is 1.59. The smallest absolute Gasteiger partial charge is 0.358 e. The number of carbonyl (C=O) groups is 2. The minimum Gasteiger partial charge on any atom is -0.464 e. The fourth-order valence-electron chi connectivity index (χ4n) is 4.69. The molecule has 212 valence electrons. The molecule has 0 atom stereocenters. The van der Waals surface area contributed by atoms with Crippen molar-refractivity contribution < 1.29 is 18.7 Å². The SMILES string of the molecule is CCCCc1nc(N(C)C(=O)CN)c(C(=O)OC)n1Cc1ccc2oc(-c3ccccc3-c3nn[nH]n3)c(Br)c2c1. The van der Waals surface area contributed by atoms with Gasteiger partial charge in [0.2, 0.25) is 11.7 Å². The molecule has 5 aromatic rings. The summed E-state index contributed by atoms with van der Waals surface area (Å²) in [6, 6.07) is 13.5. The average molecular weight is 621 g/mol. The number of methoxy groups -OCH3 is 1. The molecule has 3 aromatic heterocycles. The molecule has 0 aliphatic heterocycles. The molecule has 0 saturated heterocycles. The van der Waals surface area contributed by atoms with Crippen LogP contribution >= 0.6 is 15.9 Å². The molecule has 0 unspecified atom stereocenters. The number of anilines is 1. The highest BCUT2D eigenvalue weighted by molar-refractivity contribution is 9.10. The molecule has 0 saturated carbocycles. The molecule has 2 aromatic carbocycles. The van der Waals surface area contributed by atoms with Crippen molar-refractivity contribution in [3.05, 3.63) is 64.0 Å². The van der Waals surface area contributed by atoms with Crippen LogP contribution < -0.4 is 10.6 Å². The van der Waals surface area contributed by atoms with Gasteiger partial charge in [-0.1, -0.05) is 43.7 Å². The molecular formula is C28H29BrN8O4. The number of hydrogen-bond acceptors (Lipinski definition) is 9. The van der Waals surface area contributed by atoms with Crippen LogP contribution in [-0.4, -0.2) is 62.8 Å². The van der Waals surface area contributed by atoms with E-state index >= 15 is 0 Å². The van der Waals surface area contributed by atoms with Gasteiger partial charge in [-0.05, 0) is 45.3 Å². The highest BCUT2D eigenvalue weighted by Crippen LogP contribution is 2.41. The van der Waals surface area contributed by atoms with Crippen molar-refractivity contribution in [2.45, 2.75) is 32.7 Å². The highest BCUT2D eigenvalue weighted by Gasteiger charge is 2.28. The van der Waals surface area contributed by atoms with Gasteiger partial charge in [0, 0.05) is 36.5 Å². The number of aromatic nitrogens is 6. The normalized spacial score (nSPS) is 11.2. The van der Waals surface area contributed by atoms with Crippen LogP contribution in [0.25, 0.3) is 33.7 Å². The number of carbonyl (C=O) groups excluding carboxylic acids is 2. The van der Waals surface area contributed by atoms with Gasteiger partial charge in [0.05, 0.1) is 18.1 Å². The summed E-state index contributed by atoms with van der Waals surface area (Å²) in [4.78, 5) is 31.5. The molecule has 0 aliphatic rings. The van der Waals surface area contributed by atoms with E-state index in [1.165, 1.54) is 12.0 Å². The molecule has 3 N–H and O–H groups in total. The highest BCUT2D eigenvalue weighted by atomic mass is 79.9. The number of furan rings is 1. The minimum atomic E-state index is -0.585. The first-order valence-corrected chi connectivity index (χ1v) is 13.9. The van der Waals surface area contributed by atoms with E-state index in [2.05, 4.69) is 43.5 Å². The summed E-state index contributed by atoms with van der Waals surface area (Å²) in [5.74, 6) is 1.04. The number of H-pyrrole nitrogens is 1. The first-order valence-electron chi connectivity index (χ1n) is 13.1. The van der Waals surface area contributed by atoms with Gasteiger partial charge >= 0.3 is 5.97 Å². The Morgan fingerprint density at radius 1 is 1.20 bits per heavy atom. The van der Waals surface area contributed by atoms with Crippen LogP contribution in [-0.2, 0) is 22.5 Å². The molecule has 5 rings (SSSR count). The van der Waals surface area contributed by atoms with E-state index in [-0.39, 0.29) is 24.0 Å². The summed E-state index contributed by atoms with van der Waals surface area (Å²) in [6.07, 6.45) is 2.43. The lowest BCUT2D eigenvalue weighted by molar-refractivity contribution is -0.117. The number of tetrazole rings is 1. The van der Waals surface area contributed by atoms with E-state index in [9.17, 15) is 9.59 Å². The molecule has 0 aliphatic carbocycles. The summed E-state index contributed by atoms with van der Waals surface area (Å²) in [7, 11) is 2.86. The Labute approximate surface area is 244 Å². The van der Waals surface area contributed by atoms with Crippen molar-refractivity contribution in [3.8, 4) is 22.7 Å². The van der Waals surface area contributed by atoms with Crippen LogP contribution in [0.2, 0.25) is 0 Å². The average Bonchev–Trinajstić information content (AvgIpc) is 3.73. The third kappa shape index (κ3) is 5.37. The molecule has 12 nitrogen and oxygen atoms in total. The Morgan fingerprint density at radius 2 is 1.98 bits per heavy atom. The topological polar surface area (TPSA) is 158 Å². The number of nitrogens with one attached hydrogen (secondary N) is 1. The predicted molar refractivity (Wildman–Crippen MR) is 156 cm³/mol. The number of imidazole rings is 1. The van der Waals surface area contributed by atoms with Crippen molar-refractivity contribution in [2.75, 3.05) is 25.6 Å². The number of likely N-dealkylation sites (N-methyl/N-ethyl adjacent to an activating group) is 1. The number of halogens is 1. The number of unbranched alkanes of at least 4 members (excludes halogenated alkanes) is 1. The fourth-order valence-corrected chi connectivity index (χ4v) is 5.29. The third-order valence-corrected chi connectivity index (χ3v) is 7.61. The number of benzene rings is 2. The number of rotatable bonds is 10. The number of nitrogens with zero attached hydrogens (tertiary/aromatic N) is 6. The predicted octanol–water partition coefficient (Wildman–Crippen LogP) is 4.34. The van der Waals surface area contributed by atoms with E-state index in [0.29, 0.717) is 36.0 Å². The first-order chi connectivity index (χ1) is 19.9. The number of aromatic amines is 1. The van der Waals surface area contributed by atoms with E-state index in [4.69, 9.17) is 19.9 Å². The quantitative estimate of drug-likeness (QED) is 0.217. The number of ether oxygens (including phenoxy) is 1. The summed E-state index contributed by atoms with van der Waals surface area (Å²) in [5, 5.41) is 15.3. The summed E-state index contributed by atoms with van der Waals surface area (Å²) in [5.41, 5.74) is 8.95. The second-order valence-corrected chi connectivity index (χ2v) is 10.2. The second-order valence-electron chi connectivity index (χ2n) is 9.40. The summed E-state index contributed by atoms with van der Waals surface area (Å²) in [6.45, 7) is 2.19. The van der Waals surface area contributed by atoms with Crippen molar-refractivity contribution in [2.24, 2.45) is 5.73 Å². The zero-order valence-electron chi connectivity index (χ0n) is 22.8. The molecule has 1 amide bonds. The van der Waals surface area contributed by atoms with Gasteiger partial charge in [-0.15, -0.1) is 10.2 Å². The van der Waals surface area contributed by atoms with Crippen LogP contribution in [0, 0.1) is 0 Å². The number of esters is 1. The van der Waals surface area contributed by atoms with Crippen LogP contribution in [0.1, 0.15) is 41.6 Å². The zero-order chi connectivity index (χ0) is 29.1. The minimum absolute atomic E-state index is 0.198. The maximum atomic E-state index is 13.0. The molecule has 0 spiro atoms. The third-order valence-electron chi connectivity index (χ3n) is 6.82. The van der Waals surface area contributed by atoms with Crippen molar-refractivity contribution in [1.29, 1.82) is 0 Å². The van der Waals surface area contributed by atoms with Gasteiger partial charge in [-0.2, -0.15) is 5.21 Å². The Hall–Kier alpha value is -4.36. The summed E-state index contributed by atoms with van der Waals surface area (Å²) >= 11 is 3.74. The maximum absolute atomic E-state index is 13.0. The summed E-state index contributed by atoms with van der Waals surface area (Å²) < 4.78 is 14.0. The Kier molecular flexibility index (Phi) is 8.26. The molecule has 3 heterocycles. The van der Waals surface area contributed by atoms with E-state index in [1.807, 2.05) is 47.0 Å². The number of aryl methyl sites for hydroxylation is 1. The monoisotopic (exact) mass is 620 g/mol. The lowest BCUT2D eigenvalue weighted by Gasteiger charge is -2.16. The van der Waals surface area contributed by atoms with Gasteiger partial charge in [0.25, 0.3) is 0 Å². The molecule has 0 fully saturated rings. The van der Waals surface area contributed by atoms with Gasteiger partial charge in [0.15, 0.2) is 11.5 Å². The second kappa shape index (κ2) is 12.0. The van der Waals surface area contributed by atoms with E-state index in [0.717, 1.165) is 39.4 Å².